The first-order chi connectivity index (χ1) is 15.6. The third-order valence-electron chi connectivity index (χ3n) is 7.46. The van der Waals surface area contributed by atoms with Gasteiger partial charge in [-0.05, 0) is 42.7 Å². The zero-order chi connectivity index (χ0) is 21.8. The predicted molar refractivity (Wildman–Crippen MR) is 122 cm³/mol. The third kappa shape index (κ3) is 3.01. The quantitative estimate of drug-likeness (QED) is 0.665. The number of hydrogen-bond acceptors (Lipinski definition) is 5. The maximum absolute atomic E-state index is 13.8. The Morgan fingerprint density at radius 1 is 1.19 bits per heavy atom. The van der Waals surface area contributed by atoms with Gasteiger partial charge >= 0.3 is 0 Å². The van der Waals surface area contributed by atoms with E-state index in [1.807, 2.05) is 31.2 Å². The molecule has 2 saturated heterocycles. The van der Waals surface area contributed by atoms with Crippen LogP contribution < -0.4 is 5.73 Å². The summed E-state index contributed by atoms with van der Waals surface area (Å²) in [6, 6.07) is 16.5. The highest BCUT2D eigenvalue weighted by molar-refractivity contribution is 5.99. The number of likely N-dealkylation sites (tertiary alicyclic amines) is 1. The standard InChI is InChI=1S/C26H27N3O3/c1-15-24-21(14-32-15)18-11-17(7-8-22(18)28-25(24)27)26(30)29-12-19(16-5-3-2-4-6-16)20-13-31-10-9-23(20)29/h2-8,11,15,19-20,23H,9-10,12-14H2,1H3,(H2,27,28)/t15-,19-,20+,23+/m1/s1. The van der Waals surface area contributed by atoms with Gasteiger partial charge in [-0.25, -0.2) is 4.98 Å². The first-order valence-corrected chi connectivity index (χ1v) is 11.4. The Bertz CT molecular complexity index is 1200. The summed E-state index contributed by atoms with van der Waals surface area (Å²) in [7, 11) is 0. The molecule has 1 amide bonds. The predicted octanol–water partition coefficient (Wildman–Crippen LogP) is 4.05. The van der Waals surface area contributed by atoms with Gasteiger partial charge < -0.3 is 20.1 Å². The van der Waals surface area contributed by atoms with E-state index in [1.54, 1.807) is 0 Å². The van der Waals surface area contributed by atoms with E-state index in [0.717, 1.165) is 35.0 Å². The van der Waals surface area contributed by atoms with Crippen LogP contribution in [0.25, 0.3) is 10.9 Å². The minimum Gasteiger partial charge on any atom is -0.383 e. The van der Waals surface area contributed by atoms with Crippen molar-refractivity contribution in [3.8, 4) is 0 Å². The van der Waals surface area contributed by atoms with Gasteiger partial charge in [0.2, 0.25) is 0 Å². The average Bonchev–Trinajstić information content (AvgIpc) is 3.41. The van der Waals surface area contributed by atoms with Crippen LogP contribution in [0.3, 0.4) is 0 Å². The molecule has 4 atom stereocenters. The van der Waals surface area contributed by atoms with Crippen LogP contribution in [0.5, 0.6) is 0 Å². The van der Waals surface area contributed by atoms with Crippen molar-refractivity contribution in [2.45, 2.75) is 38.0 Å². The van der Waals surface area contributed by atoms with Gasteiger partial charge in [-0.3, -0.25) is 4.79 Å². The number of hydrogen-bond donors (Lipinski definition) is 1. The van der Waals surface area contributed by atoms with E-state index < -0.39 is 0 Å². The highest BCUT2D eigenvalue weighted by atomic mass is 16.5. The van der Waals surface area contributed by atoms with Crippen LogP contribution in [-0.2, 0) is 16.1 Å². The number of pyridine rings is 1. The molecule has 3 aliphatic heterocycles. The smallest absolute Gasteiger partial charge is 0.254 e. The van der Waals surface area contributed by atoms with Crippen LogP contribution >= 0.6 is 0 Å². The molecule has 32 heavy (non-hydrogen) atoms. The molecule has 6 nitrogen and oxygen atoms in total. The van der Waals surface area contributed by atoms with E-state index in [2.05, 4.69) is 34.1 Å². The maximum atomic E-state index is 13.8. The fourth-order valence-electron chi connectivity index (χ4n) is 5.85. The van der Waals surface area contributed by atoms with Gasteiger partial charge in [-0.15, -0.1) is 0 Å². The summed E-state index contributed by atoms with van der Waals surface area (Å²) in [5.74, 6) is 1.23. The number of anilines is 1. The van der Waals surface area contributed by atoms with Crippen molar-refractivity contribution in [2.24, 2.45) is 5.92 Å². The van der Waals surface area contributed by atoms with E-state index >= 15 is 0 Å². The molecule has 0 saturated carbocycles. The van der Waals surface area contributed by atoms with E-state index in [0.29, 0.717) is 43.0 Å². The Morgan fingerprint density at radius 2 is 2.03 bits per heavy atom. The van der Waals surface area contributed by atoms with Gasteiger partial charge in [-0.2, -0.15) is 0 Å². The molecule has 1 aromatic heterocycles. The SMILES string of the molecule is C[C@H]1OCc2c1c(N)nc1ccc(C(=O)N3C[C@H](c4ccccc4)[C@@H]4COCC[C@@H]43)cc21. The van der Waals surface area contributed by atoms with Crippen molar-refractivity contribution in [3.05, 3.63) is 70.8 Å². The number of amides is 1. The van der Waals surface area contributed by atoms with Crippen LogP contribution in [0.4, 0.5) is 5.82 Å². The Balaban J connectivity index is 1.37. The average molecular weight is 430 g/mol. The topological polar surface area (TPSA) is 77.7 Å². The van der Waals surface area contributed by atoms with Crippen LogP contribution in [-0.4, -0.2) is 41.6 Å². The number of rotatable bonds is 2. The lowest BCUT2D eigenvalue weighted by Gasteiger charge is -2.32. The summed E-state index contributed by atoms with van der Waals surface area (Å²) in [5.41, 5.74) is 11.0. The summed E-state index contributed by atoms with van der Waals surface area (Å²) < 4.78 is 11.6. The zero-order valence-corrected chi connectivity index (χ0v) is 18.2. The molecular formula is C26H27N3O3. The van der Waals surface area contributed by atoms with Gasteiger partial charge in [0.05, 0.1) is 24.8 Å². The van der Waals surface area contributed by atoms with Crippen molar-refractivity contribution < 1.29 is 14.3 Å². The van der Waals surface area contributed by atoms with Crippen LogP contribution in [0.1, 0.15) is 52.4 Å². The normalized spacial score (nSPS) is 26.8. The summed E-state index contributed by atoms with van der Waals surface area (Å²) in [6.07, 6.45) is 0.807. The molecule has 0 bridgehead atoms. The number of nitrogens with zero attached hydrogens (tertiary/aromatic N) is 2. The fraction of sp³-hybridized carbons (Fsp3) is 0.385. The number of ether oxygens (including phenoxy) is 2. The molecule has 0 spiro atoms. The molecule has 6 heteroatoms. The number of aromatic nitrogens is 1. The molecular weight excluding hydrogens is 402 g/mol. The lowest BCUT2D eigenvalue weighted by atomic mass is 9.84. The van der Waals surface area contributed by atoms with Crippen molar-refractivity contribution in [2.75, 3.05) is 25.5 Å². The van der Waals surface area contributed by atoms with Gasteiger partial charge in [-0.1, -0.05) is 30.3 Å². The lowest BCUT2D eigenvalue weighted by molar-refractivity contribution is 0.0189. The number of carbonyl (C=O) groups is 1. The van der Waals surface area contributed by atoms with Crippen LogP contribution in [0, 0.1) is 5.92 Å². The molecule has 0 unspecified atom stereocenters. The van der Waals surface area contributed by atoms with Gasteiger partial charge in [0, 0.05) is 47.5 Å². The second-order valence-corrected chi connectivity index (χ2v) is 9.14. The first-order valence-electron chi connectivity index (χ1n) is 11.4. The minimum atomic E-state index is -0.0746. The molecule has 0 aliphatic carbocycles. The minimum absolute atomic E-state index is 0.0746. The van der Waals surface area contributed by atoms with E-state index in [-0.39, 0.29) is 18.1 Å². The number of carbonyl (C=O) groups excluding carboxylic acids is 1. The summed E-state index contributed by atoms with van der Waals surface area (Å²) >= 11 is 0. The monoisotopic (exact) mass is 429 g/mol. The van der Waals surface area contributed by atoms with Crippen molar-refractivity contribution in [1.29, 1.82) is 0 Å². The molecule has 2 fully saturated rings. The molecule has 3 aliphatic rings. The highest BCUT2D eigenvalue weighted by Gasteiger charge is 2.46. The summed E-state index contributed by atoms with van der Waals surface area (Å²) in [4.78, 5) is 20.4. The first kappa shape index (κ1) is 19.7. The second-order valence-electron chi connectivity index (χ2n) is 9.14. The molecule has 164 valence electrons. The number of nitrogens with two attached hydrogens (primary N) is 1. The van der Waals surface area contributed by atoms with Crippen LogP contribution in [0.2, 0.25) is 0 Å². The second kappa shape index (κ2) is 7.57. The third-order valence-corrected chi connectivity index (χ3v) is 7.46. The summed E-state index contributed by atoms with van der Waals surface area (Å²) in [5, 5.41) is 0.965. The zero-order valence-electron chi connectivity index (χ0n) is 18.2. The molecule has 4 heterocycles. The molecule has 2 N–H and O–H groups in total. The van der Waals surface area contributed by atoms with Gasteiger partial charge in [0.1, 0.15) is 5.82 Å². The van der Waals surface area contributed by atoms with Crippen molar-refractivity contribution in [1.82, 2.24) is 9.88 Å². The number of fused-ring (bicyclic) bond motifs is 4. The molecule has 3 aromatic rings. The Kier molecular flexibility index (Phi) is 4.66. The van der Waals surface area contributed by atoms with E-state index in [1.165, 1.54) is 5.56 Å². The Labute approximate surface area is 187 Å². The largest absolute Gasteiger partial charge is 0.383 e. The maximum Gasteiger partial charge on any atom is 0.254 e. The number of benzene rings is 2. The molecule has 2 aromatic carbocycles. The van der Waals surface area contributed by atoms with E-state index in [4.69, 9.17) is 15.2 Å². The Hall–Kier alpha value is -2.96. The summed E-state index contributed by atoms with van der Waals surface area (Å²) in [6.45, 7) is 4.62. The van der Waals surface area contributed by atoms with Crippen LogP contribution in [0.15, 0.2) is 48.5 Å². The number of nitrogen functional groups attached to an aromatic ring is 1. The highest BCUT2D eigenvalue weighted by Crippen LogP contribution is 2.42. The lowest BCUT2D eigenvalue weighted by Crippen LogP contribution is -2.42. The van der Waals surface area contributed by atoms with Gasteiger partial charge in [0.25, 0.3) is 5.91 Å². The fourth-order valence-corrected chi connectivity index (χ4v) is 5.85. The Morgan fingerprint density at radius 3 is 2.88 bits per heavy atom. The van der Waals surface area contributed by atoms with Gasteiger partial charge in [0.15, 0.2) is 0 Å². The van der Waals surface area contributed by atoms with E-state index in [9.17, 15) is 4.79 Å². The van der Waals surface area contributed by atoms with Crippen molar-refractivity contribution >= 4 is 22.6 Å². The molecule has 6 rings (SSSR count). The van der Waals surface area contributed by atoms with Crippen molar-refractivity contribution in [3.63, 3.8) is 0 Å². The molecule has 0 radical (unpaired) electrons.